The maximum Gasteiger partial charge on any atom is 0.419 e. The molecule has 0 unspecified atom stereocenters. The van der Waals surface area contributed by atoms with Crippen LogP contribution in [0, 0.1) is 11.6 Å². The number of nitrogens with zero attached hydrogens (tertiary/aromatic N) is 1. The summed E-state index contributed by atoms with van der Waals surface area (Å²) in [6, 6.07) is 10.2. The lowest BCUT2D eigenvalue weighted by molar-refractivity contribution is -0.139. The smallest absolute Gasteiger partial charge is 0.382 e. The van der Waals surface area contributed by atoms with E-state index < -0.39 is 29.4 Å². The topological polar surface area (TPSA) is 95.8 Å². The first-order chi connectivity index (χ1) is 15.1. The fourth-order valence-electron chi connectivity index (χ4n) is 3.23. The number of nitrogens with one attached hydrogen (secondary N) is 3. The molecule has 4 rings (SSSR count). The number of alkyl halides is 3. The van der Waals surface area contributed by atoms with Gasteiger partial charge in [0.2, 0.25) is 0 Å². The molecule has 6 nitrogen and oxygen atoms in total. The highest BCUT2D eigenvalue weighted by atomic mass is 19.4. The van der Waals surface area contributed by atoms with Crippen LogP contribution in [0.4, 0.5) is 43.9 Å². The van der Waals surface area contributed by atoms with Gasteiger partial charge >= 0.3 is 12.2 Å². The van der Waals surface area contributed by atoms with E-state index in [1.807, 2.05) is 0 Å². The predicted molar refractivity (Wildman–Crippen MR) is 110 cm³/mol. The van der Waals surface area contributed by atoms with Gasteiger partial charge in [0.25, 0.3) is 0 Å². The van der Waals surface area contributed by atoms with Crippen molar-refractivity contribution in [2.75, 3.05) is 16.4 Å². The summed E-state index contributed by atoms with van der Waals surface area (Å²) >= 11 is 0. The van der Waals surface area contributed by atoms with Crippen LogP contribution < -0.4 is 16.4 Å². The number of hydrogen-bond donors (Lipinski definition) is 4. The molecule has 4 aromatic rings. The molecule has 3 aromatic carbocycles. The normalized spacial score (nSPS) is 11.5. The number of amides is 2. The number of aromatic amines is 1. The second kappa shape index (κ2) is 7.84. The molecule has 0 fully saturated rings. The molecular weight excluding hydrogens is 433 g/mol. The fourth-order valence-corrected chi connectivity index (χ4v) is 3.23. The number of anilines is 3. The molecule has 0 saturated heterocycles. The number of benzene rings is 3. The van der Waals surface area contributed by atoms with Gasteiger partial charge in [-0.05, 0) is 47.5 Å². The number of nitrogens with two attached hydrogens (primary N) is 1. The standard InChI is InChI=1S/C21H14F5N5O/c22-14-6-5-11(9-13(14)21(24,25)26)28-20(32)29-16-7-4-10(8-15(16)23)12-2-1-3-17-18(12)19(27)31-30-17/h1-9H,(H3,27,30,31)(H2,28,29,32). The van der Waals surface area contributed by atoms with E-state index in [0.717, 1.165) is 6.07 Å². The maximum atomic E-state index is 14.6. The second-order valence-corrected chi connectivity index (χ2v) is 6.80. The zero-order valence-corrected chi connectivity index (χ0v) is 16.0. The van der Waals surface area contributed by atoms with Crippen molar-refractivity contribution in [3.8, 4) is 11.1 Å². The van der Waals surface area contributed by atoms with E-state index in [2.05, 4.69) is 20.8 Å². The minimum atomic E-state index is -4.93. The van der Waals surface area contributed by atoms with Crippen molar-refractivity contribution < 1.29 is 26.7 Å². The Kier molecular flexibility index (Phi) is 5.17. The van der Waals surface area contributed by atoms with E-state index in [1.165, 1.54) is 12.1 Å². The number of carbonyl (C=O) groups excluding carboxylic acids is 1. The Morgan fingerprint density at radius 1 is 0.969 bits per heavy atom. The summed E-state index contributed by atoms with van der Waals surface area (Å²) in [5, 5.41) is 11.6. The Balaban J connectivity index is 1.55. The number of urea groups is 1. The number of hydrogen-bond acceptors (Lipinski definition) is 3. The maximum absolute atomic E-state index is 14.6. The van der Waals surface area contributed by atoms with Gasteiger partial charge in [-0.2, -0.15) is 18.3 Å². The highest BCUT2D eigenvalue weighted by Crippen LogP contribution is 2.34. The number of aromatic nitrogens is 2. The third-order valence-electron chi connectivity index (χ3n) is 4.68. The second-order valence-electron chi connectivity index (χ2n) is 6.80. The van der Waals surface area contributed by atoms with Crippen molar-refractivity contribution in [2.24, 2.45) is 0 Å². The van der Waals surface area contributed by atoms with Crippen LogP contribution in [0.2, 0.25) is 0 Å². The first kappa shape index (κ1) is 21.1. The first-order valence-corrected chi connectivity index (χ1v) is 9.11. The van der Waals surface area contributed by atoms with Gasteiger partial charge in [0, 0.05) is 5.69 Å². The van der Waals surface area contributed by atoms with Crippen LogP contribution in [0.1, 0.15) is 5.56 Å². The summed E-state index contributed by atoms with van der Waals surface area (Å²) in [6.07, 6.45) is -4.93. The number of carbonyl (C=O) groups is 1. The summed E-state index contributed by atoms with van der Waals surface area (Å²) in [5.41, 5.74) is 5.58. The minimum Gasteiger partial charge on any atom is -0.382 e. The fraction of sp³-hybridized carbons (Fsp3) is 0.0476. The highest BCUT2D eigenvalue weighted by molar-refractivity contribution is 6.02. The molecule has 0 aliphatic carbocycles. The van der Waals surface area contributed by atoms with Crippen LogP contribution in [0.15, 0.2) is 54.6 Å². The molecule has 1 aromatic heterocycles. The quantitative estimate of drug-likeness (QED) is 0.301. The van der Waals surface area contributed by atoms with Crippen LogP contribution >= 0.6 is 0 Å². The Morgan fingerprint density at radius 3 is 2.47 bits per heavy atom. The Bertz CT molecular complexity index is 1330. The minimum absolute atomic E-state index is 0.211. The molecule has 11 heteroatoms. The average molecular weight is 447 g/mol. The van der Waals surface area contributed by atoms with E-state index in [0.29, 0.717) is 34.2 Å². The van der Waals surface area contributed by atoms with Crippen molar-refractivity contribution in [2.45, 2.75) is 6.18 Å². The highest BCUT2D eigenvalue weighted by Gasteiger charge is 2.34. The number of halogens is 5. The monoisotopic (exact) mass is 447 g/mol. The van der Waals surface area contributed by atoms with Gasteiger partial charge in [-0.25, -0.2) is 13.6 Å². The lowest BCUT2D eigenvalue weighted by Crippen LogP contribution is -2.20. The molecule has 0 aliphatic rings. The molecule has 0 radical (unpaired) electrons. The van der Waals surface area contributed by atoms with E-state index in [-0.39, 0.29) is 17.2 Å². The molecule has 0 bridgehead atoms. The van der Waals surface area contributed by atoms with Crippen molar-refractivity contribution >= 4 is 34.1 Å². The van der Waals surface area contributed by atoms with Crippen molar-refractivity contribution in [3.63, 3.8) is 0 Å². The lowest BCUT2D eigenvalue weighted by atomic mass is 10.0. The third-order valence-corrected chi connectivity index (χ3v) is 4.68. The predicted octanol–water partition coefficient (Wildman–Crippen LogP) is 5.75. The summed E-state index contributed by atoms with van der Waals surface area (Å²) in [5.74, 6) is -2.01. The van der Waals surface area contributed by atoms with Gasteiger partial charge in [-0.1, -0.05) is 18.2 Å². The van der Waals surface area contributed by atoms with Gasteiger partial charge in [0.1, 0.15) is 11.6 Å². The van der Waals surface area contributed by atoms with Gasteiger partial charge in [-0.3, -0.25) is 5.10 Å². The molecule has 0 aliphatic heterocycles. The molecule has 32 heavy (non-hydrogen) atoms. The van der Waals surface area contributed by atoms with Crippen LogP contribution in [0.3, 0.4) is 0 Å². The Labute approximate surface area is 177 Å². The summed E-state index contributed by atoms with van der Waals surface area (Å²) in [6.45, 7) is 0. The van der Waals surface area contributed by atoms with E-state index in [9.17, 15) is 26.7 Å². The van der Waals surface area contributed by atoms with E-state index >= 15 is 0 Å². The number of nitrogen functional groups attached to an aromatic ring is 1. The Morgan fingerprint density at radius 2 is 1.75 bits per heavy atom. The first-order valence-electron chi connectivity index (χ1n) is 9.11. The molecule has 2 amide bonds. The zero-order chi connectivity index (χ0) is 23.0. The van der Waals surface area contributed by atoms with Crippen molar-refractivity contribution in [1.29, 1.82) is 0 Å². The van der Waals surface area contributed by atoms with Crippen LogP contribution in [0.5, 0.6) is 0 Å². The number of H-pyrrole nitrogens is 1. The molecule has 1 heterocycles. The van der Waals surface area contributed by atoms with Gasteiger partial charge in [-0.15, -0.1) is 0 Å². The van der Waals surface area contributed by atoms with E-state index in [1.54, 1.807) is 24.3 Å². The largest absolute Gasteiger partial charge is 0.419 e. The van der Waals surface area contributed by atoms with E-state index in [4.69, 9.17) is 5.73 Å². The van der Waals surface area contributed by atoms with Crippen LogP contribution in [-0.4, -0.2) is 16.2 Å². The Hall–Kier alpha value is -4.15. The summed E-state index contributed by atoms with van der Waals surface area (Å²) < 4.78 is 66.5. The summed E-state index contributed by atoms with van der Waals surface area (Å²) in [7, 11) is 0. The van der Waals surface area contributed by atoms with Crippen molar-refractivity contribution in [3.05, 3.63) is 71.8 Å². The third kappa shape index (κ3) is 4.04. The zero-order valence-electron chi connectivity index (χ0n) is 16.0. The SMILES string of the molecule is Nc1n[nH]c2cccc(-c3ccc(NC(=O)Nc4ccc(F)c(C(F)(F)F)c4)c(F)c3)c12. The van der Waals surface area contributed by atoms with Crippen LogP contribution in [0.25, 0.3) is 22.0 Å². The number of rotatable bonds is 3. The van der Waals surface area contributed by atoms with Gasteiger partial charge < -0.3 is 16.4 Å². The average Bonchev–Trinajstić information content (AvgIpc) is 3.11. The van der Waals surface area contributed by atoms with Crippen LogP contribution in [-0.2, 0) is 6.18 Å². The van der Waals surface area contributed by atoms with Gasteiger partial charge in [0.15, 0.2) is 5.82 Å². The molecule has 0 spiro atoms. The van der Waals surface area contributed by atoms with Crippen molar-refractivity contribution in [1.82, 2.24) is 10.2 Å². The molecule has 0 atom stereocenters. The lowest BCUT2D eigenvalue weighted by Gasteiger charge is -2.12. The molecule has 5 N–H and O–H groups in total. The number of fused-ring (bicyclic) bond motifs is 1. The molecule has 164 valence electrons. The molecular formula is C21H14F5N5O. The molecule has 0 saturated carbocycles. The van der Waals surface area contributed by atoms with Gasteiger partial charge in [0.05, 0.1) is 22.2 Å². The summed E-state index contributed by atoms with van der Waals surface area (Å²) in [4.78, 5) is 12.1.